The summed E-state index contributed by atoms with van der Waals surface area (Å²) in [4.78, 5) is 0. The Labute approximate surface area is 111 Å². The summed E-state index contributed by atoms with van der Waals surface area (Å²) in [6.07, 6.45) is 3.10. The number of aromatic nitrogens is 3. The van der Waals surface area contributed by atoms with Crippen molar-refractivity contribution in [3.05, 3.63) is 41.7 Å². The van der Waals surface area contributed by atoms with Crippen molar-refractivity contribution < 1.29 is 4.74 Å². The lowest BCUT2D eigenvalue weighted by Crippen LogP contribution is -2.35. The van der Waals surface area contributed by atoms with Gasteiger partial charge >= 0.3 is 0 Å². The Hall–Kier alpha value is -2.35. The van der Waals surface area contributed by atoms with Crippen molar-refractivity contribution in [3.8, 4) is 11.8 Å². The second kappa shape index (κ2) is 4.39. The van der Waals surface area contributed by atoms with E-state index in [0.717, 1.165) is 17.0 Å². The van der Waals surface area contributed by atoms with Gasteiger partial charge in [-0.15, -0.1) is 5.10 Å². The van der Waals surface area contributed by atoms with Crippen LogP contribution in [0, 0.1) is 16.7 Å². The summed E-state index contributed by atoms with van der Waals surface area (Å²) in [5.41, 5.74) is 1.36. The molecule has 1 aromatic heterocycles. The Morgan fingerprint density at radius 2 is 2.32 bits per heavy atom. The van der Waals surface area contributed by atoms with Crippen LogP contribution in [-0.2, 0) is 19.9 Å². The molecule has 96 valence electrons. The van der Waals surface area contributed by atoms with E-state index in [-0.39, 0.29) is 0 Å². The molecule has 0 amide bonds. The lowest BCUT2D eigenvalue weighted by molar-refractivity contribution is 0.168. The monoisotopic (exact) mass is 254 g/mol. The first-order valence-corrected chi connectivity index (χ1v) is 6.18. The average molecular weight is 254 g/mol. The number of fused-ring (bicyclic) bond motifs is 1. The zero-order valence-electron chi connectivity index (χ0n) is 10.7. The van der Waals surface area contributed by atoms with Crippen LogP contribution in [0.2, 0.25) is 0 Å². The van der Waals surface area contributed by atoms with Gasteiger partial charge in [0.15, 0.2) is 0 Å². The minimum absolute atomic E-state index is 0.400. The lowest BCUT2D eigenvalue weighted by Gasteiger charge is -2.31. The molecule has 1 unspecified atom stereocenters. The molecule has 2 aromatic rings. The van der Waals surface area contributed by atoms with Gasteiger partial charge in [0.2, 0.25) is 0 Å². The predicted molar refractivity (Wildman–Crippen MR) is 68.4 cm³/mol. The molecule has 0 radical (unpaired) electrons. The maximum atomic E-state index is 9.55. The molecular weight excluding hydrogens is 240 g/mol. The van der Waals surface area contributed by atoms with E-state index in [2.05, 4.69) is 16.4 Å². The van der Waals surface area contributed by atoms with Gasteiger partial charge in [-0.25, -0.2) is 0 Å². The van der Waals surface area contributed by atoms with Crippen molar-refractivity contribution in [2.75, 3.05) is 6.61 Å². The second-order valence-electron chi connectivity index (χ2n) is 5.03. The largest absolute Gasteiger partial charge is 0.492 e. The van der Waals surface area contributed by atoms with Crippen LogP contribution in [-0.4, -0.2) is 21.6 Å². The maximum Gasteiger partial charge on any atom is 0.122 e. The standard InChI is InChI=1S/C14H14N4O/c1-18-8-12(16-17-18)7-14(9-15)6-11-4-2-3-5-13(11)19-10-14/h2-5,8H,6-7,10H2,1H3. The van der Waals surface area contributed by atoms with Crippen molar-refractivity contribution in [1.29, 1.82) is 5.26 Å². The quantitative estimate of drug-likeness (QED) is 0.814. The minimum Gasteiger partial charge on any atom is -0.492 e. The van der Waals surface area contributed by atoms with Gasteiger partial charge in [0.1, 0.15) is 17.8 Å². The number of benzene rings is 1. The zero-order valence-corrected chi connectivity index (χ0v) is 10.7. The molecule has 1 aromatic carbocycles. The number of aryl methyl sites for hydroxylation is 1. The molecule has 0 aliphatic carbocycles. The van der Waals surface area contributed by atoms with Gasteiger partial charge < -0.3 is 4.74 Å². The highest BCUT2D eigenvalue weighted by Crippen LogP contribution is 2.36. The molecule has 2 heterocycles. The molecule has 1 aliphatic rings. The van der Waals surface area contributed by atoms with Crippen LogP contribution in [0.15, 0.2) is 30.5 Å². The smallest absolute Gasteiger partial charge is 0.122 e. The van der Waals surface area contributed by atoms with Crippen LogP contribution in [0.25, 0.3) is 0 Å². The van der Waals surface area contributed by atoms with E-state index in [1.165, 1.54) is 0 Å². The summed E-state index contributed by atoms with van der Waals surface area (Å²) in [6.45, 7) is 0.400. The van der Waals surface area contributed by atoms with Crippen LogP contribution in [0.1, 0.15) is 11.3 Å². The van der Waals surface area contributed by atoms with Crippen molar-refractivity contribution in [2.45, 2.75) is 12.8 Å². The molecule has 0 bridgehead atoms. The number of nitrogens with zero attached hydrogens (tertiary/aromatic N) is 4. The normalized spacial score (nSPS) is 21.3. The summed E-state index contributed by atoms with van der Waals surface area (Å²) < 4.78 is 7.38. The lowest BCUT2D eigenvalue weighted by atomic mass is 9.78. The molecule has 0 N–H and O–H groups in total. The summed E-state index contributed by atoms with van der Waals surface area (Å²) in [5.74, 6) is 0.882. The van der Waals surface area contributed by atoms with Gasteiger partial charge in [-0.1, -0.05) is 23.4 Å². The Morgan fingerprint density at radius 1 is 1.47 bits per heavy atom. The first-order chi connectivity index (χ1) is 9.21. The van der Waals surface area contributed by atoms with Gasteiger partial charge in [-0.3, -0.25) is 4.68 Å². The fourth-order valence-electron chi connectivity index (χ4n) is 2.47. The van der Waals surface area contributed by atoms with E-state index < -0.39 is 5.41 Å². The molecule has 0 fully saturated rings. The van der Waals surface area contributed by atoms with Crippen molar-refractivity contribution in [3.63, 3.8) is 0 Å². The zero-order chi connectivity index (χ0) is 13.3. The molecule has 1 atom stereocenters. The molecular formula is C14H14N4O. The Kier molecular flexibility index (Phi) is 2.71. The van der Waals surface area contributed by atoms with Gasteiger partial charge in [-0.2, -0.15) is 5.26 Å². The molecule has 0 saturated carbocycles. The van der Waals surface area contributed by atoms with Crippen molar-refractivity contribution >= 4 is 0 Å². The summed E-state index contributed by atoms with van der Waals surface area (Å²) in [6, 6.07) is 10.3. The van der Waals surface area contributed by atoms with Crippen LogP contribution < -0.4 is 4.74 Å². The summed E-state index contributed by atoms with van der Waals surface area (Å²) in [5, 5.41) is 17.5. The third kappa shape index (κ3) is 2.17. The molecule has 0 saturated heterocycles. The van der Waals surface area contributed by atoms with Gasteiger partial charge in [0.05, 0.1) is 11.8 Å². The van der Waals surface area contributed by atoms with Gasteiger partial charge in [0.25, 0.3) is 0 Å². The van der Waals surface area contributed by atoms with Crippen molar-refractivity contribution in [1.82, 2.24) is 15.0 Å². The van der Waals surface area contributed by atoms with E-state index >= 15 is 0 Å². The molecule has 19 heavy (non-hydrogen) atoms. The van der Waals surface area contributed by atoms with Crippen molar-refractivity contribution in [2.24, 2.45) is 12.5 Å². The SMILES string of the molecule is Cn1cc(CC2(C#N)COc3ccccc3C2)nn1. The summed E-state index contributed by atoms with van der Waals surface area (Å²) in [7, 11) is 1.82. The highest BCUT2D eigenvalue weighted by molar-refractivity contribution is 5.37. The number of ether oxygens (including phenoxy) is 1. The molecule has 0 spiro atoms. The van der Waals surface area contributed by atoms with E-state index in [9.17, 15) is 5.26 Å². The Balaban J connectivity index is 1.88. The third-order valence-electron chi connectivity index (χ3n) is 3.41. The molecule has 1 aliphatic heterocycles. The average Bonchev–Trinajstić information content (AvgIpc) is 2.84. The fraction of sp³-hybridized carbons (Fsp3) is 0.357. The third-order valence-corrected chi connectivity index (χ3v) is 3.41. The Morgan fingerprint density at radius 3 is 3.05 bits per heavy atom. The highest BCUT2D eigenvalue weighted by Gasteiger charge is 2.37. The van der Waals surface area contributed by atoms with Gasteiger partial charge in [0, 0.05) is 19.7 Å². The molecule has 5 nitrogen and oxygen atoms in total. The fourth-order valence-corrected chi connectivity index (χ4v) is 2.47. The van der Waals surface area contributed by atoms with E-state index in [1.54, 1.807) is 4.68 Å². The van der Waals surface area contributed by atoms with Gasteiger partial charge in [-0.05, 0) is 18.1 Å². The van der Waals surface area contributed by atoms with Crippen LogP contribution in [0.4, 0.5) is 0 Å². The summed E-state index contributed by atoms with van der Waals surface area (Å²) >= 11 is 0. The molecule has 5 heteroatoms. The number of rotatable bonds is 2. The maximum absolute atomic E-state index is 9.55. The van der Waals surface area contributed by atoms with E-state index in [1.807, 2.05) is 37.5 Å². The second-order valence-corrected chi connectivity index (χ2v) is 5.03. The minimum atomic E-state index is -0.551. The Bertz CT molecular complexity index is 643. The number of nitriles is 1. The number of hydrogen-bond donors (Lipinski definition) is 0. The van der Waals surface area contributed by atoms with Crippen LogP contribution in [0.3, 0.4) is 0 Å². The first kappa shape index (κ1) is 11.7. The topological polar surface area (TPSA) is 63.7 Å². The number of hydrogen-bond acceptors (Lipinski definition) is 4. The highest BCUT2D eigenvalue weighted by atomic mass is 16.5. The first-order valence-electron chi connectivity index (χ1n) is 6.18. The van der Waals surface area contributed by atoms with E-state index in [0.29, 0.717) is 19.4 Å². The number of para-hydroxylation sites is 1. The van der Waals surface area contributed by atoms with E-state index in [4.69, 9.17) is 4.74 Å². The molecule has 3 rings (SSSR count). The predicted octanol–water partition coefficient (Wildman–Crippen LogP) is 1.50. The van der Waals surface area contributed by atoms with Crippen LogP contribution >= 0.6 is 0 Å². The van der Waals surface area contributed by atoms with Crippen LogP contribution in [0.5, 0.6) is 5.75 Å².